The van der Waals surface area contributed by atoms with Crippen molar-refractivity contribution in [3.05, 3.63) is 70.8 Å². The number of carbonyl (C=O) groups excluding carboxylic acids is 4. The second-order valence-electron chi connectivity index (χ2n) is 8.96. The highest BCUT2D eigenvalue weighted by Gasteiger charge is 2.40. The van der Waals surface area contributed by atoms with Crippen LogP contribution in [0.4, 0.5) is 0 Å². The van der Waals surface area contributed by atoms with Gasteiger partial charge in [0.2, 0.25) is 6.79 Å². The Morgan fingerprint density at radius 3 is 1.27 bits per heavy atom. The predicted molar refractivity (Wildman–Crippen MR) is 127 cm³/mol. The Morgan fingerprint density at radius 2 is 0.919 bits per heavy atom. The fourth-order valence-corrected chi connectivity index (χ4v) is 3.49. The van der Waals surface area contributed by atoms with Crippen LogP contribution in [-0.4, -0.2) is 42.2 Å². The first-order valence-corrected chi connectivity index (χ1v) is 11.2. The van der Waals surface area contributed by atoms with E-state index in [0.717, 1.165) is 0 Å². The number of carbonyl (C=O) groups is 4. The van der Waals surface area contributed by atoms with Crippen LogP contribution in [0.3, 0.4) is 0 Å². The molecule has 0 atom stereocenters. The molecule has 2 aromatic rings. The van der Waals surface area contributed by atoms with Gasteiger partial charge in [-0.15, -0.1) is 0 Å². The lowest BCUT2D eigenvalue weighted by molar-refractivity contribution is -0.224. The number of benzene rings is 2. The highest BCUT2D eigenvalue weighted by molar-refractivity contribution is 6.19. The molecule has 0 unspecified atom stereocenters. The molecule has 10 heteroatoms. The van der Waals surface area contributed by atoms with Gasteiger partial charge >= 0.3 is 23.9 Å². The van der Waals surface area contributed by atoms with E-state index in [-0.39, 0.29) is 17.9 Å². The van der Waals surface area contributed by atoms with Crippen molar-refractivity contribution < 1.29 is 47.6 Å². The smallest absolute Gasteiger partial charge is 0.348 e. The van der Waals surface area contributed by atoms with Gasteiger partial charge in [-0.05, 0) is 24.3 Å². The molecule has 0 amide bonds. The summed E-state index contributed by atoms with van der Waals surface area (Å²) in [4.78, 5) is 49.2. The number of para-hydroxylation sites is 2. The van der Waals surface area contributed by atoms with Crippen LogP contribution >= 0.6 is 0 Å². The first-order valence-electron chi connectivity index (χ1n) is 11.2. The van der Waals surface area contributed by atoms with Crippen molar-refractivity contribution in [3.8, 4) is 11.5 Å². The maximum absolute atomic E-state index is 12.3. The lowest BCUT2D eigenvalue weighted by atomic mass is 10.1. The number of esters is 4. The van der Waals surface area contributed by atoms with Crippen LogP contribution in [0.15, 0.2) is 59.7 Å². The Hall–Kier alpha value is -4.60. The molecule has 0 aliphatic carbocycles. The molecule has 2 fully saturated rings. The summed E-state index contributed by atoms with van der Waals surface area (Å²) in [6, 6.07) is 13.4. The minimum Gasteiger partial charge on any atom is -0.457 e. The summed E-state index contributed by atoms with van der Waals surface area (Å²) in [7, 11) is 0. The molecule has 37 heavy (non-hydrogen) atoms. The van der Waals surface area contributed by atoms with E-state index in [1.54, 1.807) is 48.5 Å². The van der Waals surface area contributed by atoms with Gasteiger partial charge in [0.25, 0.3) is 11.6 Å². The number of hydrogen-bond acceptors (Lipinski definition) is 10. The Labute approximate surface area is 212 Å². The van der Waals surface area contributed by atoms with E-state index >= 15 is 0 Å². The highest BCUT2D eigenvalue weighted by atomic mass is 16.7. The van der Waals surface area contributed by atoms with E-state index in [4.69, 9.17) is 28.4 Å². The van der Waals surface area contributed by atoms with Crippen LogP contribution in [0, 0.1) is 0 Å². The average molecular weight is 508 g/mol. The fourth-order valence-electron chi connectivity index (χ4n) is 3.49. The summed E-state index contributed by atoms with van der Waals surface area (Å²) in [6.45, 7) is 5.57. The first-order chi connectivity index (χ1) is 17.4. The molecule has 0 saturated carbocycles. The second-order valence-corrected chi connectivity index (χ2v) is 8.96. The number of ether oxygens (including phenoxy) is 6. The van der Waals surface area contributed by atoms with Gasteiger partial charge in [-0.2, -0.15) is 0 Å². The molecule has 2 aromatic carbocycles. The molecule has 2 heterocycles. The first kappa shape index (κ1) is 25.5. The van der Waals surface area contributed by atoms with Crippen LogP contribution in [-0.2, 0) is 38.1 Å². The van der Waals surface area contributed by atoms with Crippen LogP contribution in [0.5, 0.6) is 11.5 Å². The minimum absolute atomic E-state index is 0.274. The summed E-state index contributed by atoms with van der Waals surface area (Å²) in [5, 5.41) is 0. The Balaban J connectivity index is 1.49. The summed E-state index contributed by atoms with van der Waals surface area (Å²) in [6.07, 6.45) is 2.63. The van der Waals surface area contributed by atoms with Crippen molar-refractivity contribution in [2.75, 3.05) is 6.79 Å². The minimum atomic E-state index is -1.35. The molecule has 2 aliphatic rings. The molecule has 2 saturated heterocycles. The van der Waals surface area contributed by atoms with Gasteiger partial charge < -0.3 is 28.4 Å². The normalized spacial score (nSPS) is 18.2. The third kappa shape index (κ3) is 5.97. The van der Waals surface area contributed by atoms with Gasteiger partial charge in [-0.1, -0.05) is 36.4 Å². The predicted octanol–water partition coefficient (Wildman–Crippen LogP) is 3.54. The van der Waals surface area contributed by atoms with E-state index in [2.05, 4.69) is 0 Å². The molecule has 2 aliphatic heterocycles. The second kappa shape index (κ2) is 9.81. The number of cyclic esters (lactones) is 4. The summed E-state index contributed by atoms with van der Waals surface area (Å²) in [5.74, 6) is -5.29. The van der Waals surface area contributed by atoms with E-state index in [1.807, 2.05) is 0 Å². The van der Waals surface area contributed by atoms with Gasteiger partial charge in [-0.3, -0.25) is 0 Å². The number of hydrogen-bond donors (Lipinski definition) is 0. The maximum Gasteiger partial charge on any atom is 0.348 e. The molecule has 0 aromatic heterocycles. The molecular weight excluding hydrogens is 484 g/mol. The van der Waals surface area contributed by atoms with Crippen molar-refractivity contribution in [1.82, 2.24) is 0 Å². The molecule has 0 radical (unpaired) electrons. The van der Waals surface area contributed by atoms with Gasteiger partial charge in [0.05, 0.1) is 0 Å². The Kier molecular flexibility index (Phi) is 6.76. The molecule has 10 nitrogen and oxygen atoms in total. The van der Waals surface area contributed by atoms with E-state index < -0.39 is 35.5 Å². The van der Waals surface area contributed by atoms with Gasteiger partial charge in [0.15, 0.2) is 0 Å². The summed E-state index contributed by atoms with van der Waals surface area (Å²) >= 11 is 0. The fraction of sp³-hybridized carbons (Fsp3) is 0.259. The van der Waals surface area contributed by atoms with Crippen molar-refractivity contribution >= 4 is 36.0 Å². The monoisotopic (exact) mass is 508 g/mol. The lowest BCUT2D eigenvalue weighted by Crippen LogP contribution is -2.41. The molecule has 0 bridgehead atoms. The quantitative estimate of drug-likeness (QED) is 0.248. The molecule has 4 rings (SSSR count). The van der Waals surface area contributed by atoms with Crippen molar-refractivity contribution in [3.63, 3.8) is 0 Å². The van der Waals surface area contributed by atoms with Crippen molar-refractivity contribution in [2.45, 2.75) is 39.3 Å². The van der Waals surface area contributed by atoms with E-state index in [0.29, 0.717) is 22.6 Å². The molecule has 0 spiro atoms. The molecular formula is C27H24O10. The van der Waals surface area contributed by atoms with E-state index in [1.165, 1.54) is 39.8 Å². The third-order valence-corrected chi connectivity index (χ3v) is 5.10. The van der Waals surface area contributed by atoms with Crippen LogP contribution < -0.4 is 9.47 Å². The molecule has 0 N–H and O–H groups in total. The van der Waals surface area contributed by atoms with Gasteiger partial charge in [0.1, 0.15) is 22.6 Å². The SMILES string of the molecule is CC1(C)OC(=O)C(=Cc2ccccc2OCOc2ccccc2C=C2C(=O)OC(C)(C)OC2=O)C(=O)O1. The largest absolute Gasteiger partial charge is 0.457 e. The van der Waals surface area contributed by atoms with Crippen molar-refractivity contribution in [1.29, 1.82) is 0 Å². The third-order valence-electron chi connectivity index (χ3n) is 5.10. The van der Waals surface area contributed by atoms with E-state index in [9.17, 15) is 19.2 Å². The van der Waals surface area contributed by atoms with Gasteiger partial charge in [0, 0.05) is 38.8 Å². The van der Waals surface area contributed by atoms with Crippen LogP contribution in [0.2, 0.25) is 0 Å². The summed E-state index contributed by atoms with van der Waals surface area (Å²) < 4.78 is 32.0. The Morgan fingerprint density at radius 1 is 0.595 bits per heavy atom. The maximum atomic E-state index is 12.3. The average Bonchev–Trinajstić information content (AvgIpc) is 2.79. The van der Waals surface area contributed by atoms with Crippen LogP contribution in [0.1, 0.15) is 38.8 Å². The lowest BCUT2D eigenvalue weighted by Gasteiger charge is -2.29. The number of rotatable bonds is 6. The zero-order valence-corrected chi connectivity index (χ0v) is 20.6. The van der Waals surface area contributed by atoms with Crippen LogP contribution in [0.25, 0.3) is 12.2 Å². The zero-order chi connectivity index (χ0) is 26.8. The van der Waals surface area contributed by atoms with Gasteiger partial charge in [-0.25, -0.2) is 19.2 Å². The zero-order valence-electron chi connectivity index (χ0n) is 20.6. The molecule has 192 valence electrons. The Bertz CT molecular complexity index is 1190. The topological polar surface area (TPSA) is 124 Å². The summed E-state index contributed by atoms with van der Waals surface area (Å²) in [5.41, 5.74) is 0.284. The standard InChI is InChI=1S/C27H24O10/c1-26(2)34-22(28)18(23(29)35-26)13-16-9-5-7-11-20(16)32-15-33-21-12-8-6-10-17(21)14-19-24(30)36-27(3,4)37-25(19)31/h5-14H,15H2,1-4H3. The van der Waals surface area contributed by atoms with Crippen molar-refractivity contribution in [2.24, 2.45) is 0 Å². The highest BCUT2D eigenvalue weighted by Crippen LogP contribution is 2.29.